The molecule has 0 atom stereocenters. The zero-order valence-corrected chi connectivity index (χ0v) is 18.4. The summed E-state index contributed by atoms with van der Waals surface area (Å²) < 4.78 is 10.2. The number of nitrogens with one attached hydrogen (secondary N) is 3. The first-order chi connectivity index (χ1) is 14.8. The highest BCUT2D eigenvalue weighted by atomic mass is 16.5. The molecule has 164 valence electrons. The van der Waals surface area contributed by atoms with Crippen molar-refractivity contribution in [2.45, 2.75) is 39.4 Å². The van der Waals surface area contributed by atoms with Crippen LogP contribution in [-0.2, 0) is 13.1 Å². The lowest BCUT2D eigenvalue weighted by Crippen LogP contribution is -2.28. The maximum absolute atomic E-state index is 5.09. The second-order valence-corrected chi connectivity index (χ2v) is 7.81. The van der Waals surface area contributed by atoms with Crippen LogP contribution in [0.5, 0.6) is 11.8 Å². The normalized spacial score (nSPS) is 11.0. The summed E-state index contributed by atoms with van der Waals surface area (Å²) in [6.07, 6.45) is 3.49. The fraction of sp³-hybridized carbons (Fsp3) is 0.381. The van der Waals surface area contributed by atoms with Gasteiger partial charge in [0.25, 0.3) is 0 Å². The van der Waals surface area contributed by atoms with Crippen LogP contribution in [0, 0.1) is 0 Å². The number of hydrogen-bond acceptors (Lipinski definition) is 10. The maximum Gasteiger partial charge on any atom is 0.229 e. The highest BCUT2D eigenvalue weighted by Gasteiger charge is 2.14. The molecule has 3 aromatic rings. The number of ether oxygens (including phenoxy) is 2. The predicted molar refractivity (Wildman–Crippen MR) is 119 cm³/mol. The predicted octanol–water partition coefficient (Wildman–Crippen LogP) is 3.11. The van der Waals surface area contributed by atoms with E-state index in [9.17, 15) is 0 Å². The third kappa shape index (κ3) is 6.95. The molecule has 0 spiro atoms. The van der Waals surface area contributed by atoms with Gasteiger partial charge in [-0.25, -0.2) is 9.97 Å². The Bertz CT molecular complexity index is 902. The second-order valence-electron chi connectivity index (χ2n) is 7.81. The first kappa shape index (κ1) is 22.0. The lowest BCUT2D eigenvalue weighted by atomic mass is 10.1. The minimum Gasteiger partial charge on any atom is -0.481 e. The maximum atomic E-state index is 5.09. The van der Waals surface area contributed by atoms with Crippen molar-refractivity contribution < 1.29 is 9.47 Å². The summed E-state index contributed by atoms with van der Waals surface area (Å²) in [6.45, 7) is 7.16. The molecule has 0 aliphatic carbocycles. The van der Waals surface area contributed by atoms with Gasteiger partial charge in [-0.15, -0.1) is 0 Å². The van der Waals surface area contributed by atoms with Crippen LogP contribution in [0.4, 0.5) is 17.8 Å². The molecule has 3 N–H and O–H groups in total. The Morgan fingerprint density at radius 3 is 1.52 bits per heavy atom. The van der Waals surface area contributed by atoms with Crippen molar-refractivity contribution in [3.8, 4) is 11.8 Å². The zero-order valence-electron chi connectivity index (χ0n) is 18.4. The van der Waals surface area contributed by atoms with Crippen LogP contribution in [0.25, 0.3) is 0 Å². The van der Waals surface area contributed by atoms with E-state index in [1.165, 1.54) is 0 Å². The van der Waals surface area contributed by atoms with Crippen LogP contribution in [0.1, 0.15) is 31.9 Å². The molecule has 0 saturated heterocycles. The minimum atomic E-state index is -0.199. The summed E-state index contributed by atoms with van der Waals surface area (Å²) in [5.41, 5.74) is 1.76. The van der Waals surface area contributed by atoms with E-state index in [2.05, 4.69) is 40.9 Å². The van der Waals surface area contributed by atoms with Crippen LogP contribution >= 0.6 is 0 Å². The molecular weight excluding hydrogens is 396 g/mol. The molecule has 3 heterocycles. The van der Waals surface area contributed by atoms with Gasteiger partial charge in [-0.05, 0) is 31.9 Å². The number of aromatic nitrogens is 5. The van der Waals surface area contributed by atoms with Gasteiger partial charge in [-0.3, -0.25) is 0 Å². The van der Waals surface area contributed by atoms with Crippen molar-refractivity contribution in [2.75, 3.05) is 30.2 Å². The molecule has 10 heteroatoms. The van der Waals surface area contributed by atoms with E-state index in [0.717, 1.165) is 11.1 Å². The Morgan fingerprint density at radius 2 is 1.16 bits per heavy atom. The summed E-state index contributed by atoms with van der Waals surface area (Å²) in [5, 5.41) is 9.74. The summed E-state index contributed by atoms with van der Waals surface area (Å²) >= 11 is 0. The van der Waals surface area contributed by atoms with Gasteiger partial charge in [0, 0.05) is 43.2 Å². The third-order valence-corrected chi connectivity index (χ3v) is 4.04. The summed E-state index contributed by atoms with van der Waals surface area (Å²) in [7, 11) is 3.18. The smallest absolute Gasteiger partial charge is 0.229 e. The standard InChI is InChI=1S/C21H28N8O2/c1-21(2,3)29-20-27-18(24-12-14-6-8-16(30-4)22-10-14)26-19(28-20)25-13-15-7-9-17(31-5)23-11-15/h6-11H,12-13H2,1-5H3,(H3,24,25,26,27,28,29). The third-order valence-electron chi connectivity index (χ3n) is 4.04. The first-order valence-electron chi connectivity index (χ1n) is 9.84. The topological polar surface area (TPSA) is 119 Å². The van der Waals surface area contributed by atoms with Gasteiger partial charge in [0.15, 0.2) is 0 Å². The van der Waals surface area contributed by atoms with E-state index in [1.54, 1.807) is 26.6 Å². The number of anilines is 3. The summed E-state index contributed by atoms with van der Waals surface area (Å²) in [6, 6.07) is 7.49. The van der Waals surface area contributed by atoms with E-state index in [4.69, 9.17) is 9.47 Å². The lowest BCUT2D eigenvalue weighted by molar-refractivity contribution is 0.397. The highest BCUT2D eigenvalue weighted by Crippen LogP contribution is 2.16. The average molecular weight is 425 g/mol. The average Bonchev–Trinajstić information content (AvgIpc) is 2.75. The lowest BCUT2D eigenvalue weighted by Gasteiger charge is -2.21. The first-order valence-corrected chi connectivity index (χ1v) is 9.84. The van der Waals surface area contributed by atoms with Gasteiger partial charge in [0.05, 0.1) is 14.2 Å². The molecule has 31 heavy (non-hydrogen) atoms. The van der Waals surface area contributed by atoms with Crippen LogP contribution in [0.15, 0.2) is 36.7 Å². The Labute approximate surface area is 181 Å². The van der Waals surface area contributed by atoms with E-state index in [0.29, 0.717) is 42.7 Å². The second kappa shape index (κ2) is 9.88. The highest BCUT2D eigenvalue weighted by molar-refractivity contribution is 5.44. The molecule has 0 saturated carbocycles. The molecular formula is C21H28N8O2. The van der Waals surface area contributed by atoms with Crippen molar-refractivity contribution >= 4 is 17.8 Å². The van der Waals surface area contributed by atoms with Crippen LogP contribution in [0.3, 0.4) is 0 Å². The molecule has 0 aliphatic heterocycles. The van der Waals surface area contributed by atoms with Gasteiger partial charge in [-0.2, -0.15) is 15.0 Å². The molecule has 0 aromatic carbocycles. The minimum absolute atomic E-state index is 0.199. The van der Waals surface area contributed by atoms with Gasteiger partial charge in [-0.1, -0.05) is 12.1 Å². The SMILES string of the molecule is COc1ccc(CNc2nc(NCc3ccc(OC)nc3)nc(NC(C)(C)C)n2)cn1. The number of rotatable bonds is 9. The summed E-state index contributed by atoms with van der Waals surface area (Å²) in [5.74, 6) is 2.52. The Hall–Kier alpha value is -3.69. The molecule has 0 radical (unpaired) electrons. The van der Waals surface area contributed by atoms with Gasteiger partial charge in [0.2, 0.25) is 29.6 Å². The molecule has 10 nitrogen and oxygen atoms in total. The van der Waals surface area contributed by atoms with Gasteiger partial charge >= 0.3 is 0 Å². The van der Waals surface area contributed by atoms with Crippen molar-refractivity contribution in [3.05, 3.63) is 47.8 Å². The monoisotopic (exact) mass is 424 g/mol. The van der Waals surface area contributed by atoms with Crippen LogP contribution < -0.4 is 25.4 Å². The van der Waals surface area contributed by atoms with Crippen LogP contribution in [0.2, 0.25) is 0 Å². The molecule has 3 aromatic heterocycles. The zero-order chi connectivity index (χ0) is 22.3. The van der Waals surface area contributed by atoms with Gasteiger partial charge in [0.1, 0.15) is 0 Å². The molecule has 0 fully saturated rings. The molecule has 0 unspecified atom stereocenters. The van der Waals surface area contributed by atoms with Gasteiger partial charge < -0.3 is 25.4 Å². The largest absolute Gasteiger partial charge is 0.481 e. The van der Waals surface area contributed by atoms with Crippen LogP contribution in [-0.4, -0.2) is 44.7 Å². The van der Waals surface area contributed by atoms with E-state index < -0.39 is 0 Å². The van der Waals surface area contributed by atoms with E-state index in [1.807, 2.05) is 45.0 Å². The molecule has 0 bridgehead atoms. The quantitative estimate of drug-likeness (QED) is 0.473. The molecule has 3 rings (SSSR count). The van der Waals surface area contributed by atoms with E-state index >= 15 is 0 Å². The molecule has 0 amide bonds. The summed E-state index contributed by atoms with van der Waals surface area (Å²) in [4.78, 5) is 21.9. The van der Waals surface area contributed by atoms with Crippen molar-refractivity contribution in [1.82, 2.24) is 24.9 Å². The fourth-order valence-corrected chi connectivity index (χ4v) is 2.56. The fourth-order valence-electron chi connectivity index (χ4n) is 2.56. The number of hydrogen-bond donors (Lipinski definition) is 3. The molecule has 0 aliphatic rings. The van der Waals surface area contributed by atoms with Crippen molar-refractivity contribution in [2.24, 2.45) is 0 Å². The Morgan fingerprint density at radius 1 is 0.710 bits per heavy atom. The van der Waals surface area contributed by atoms with Crippen molar-refractivity contribution in [3.63, 3.8) is 0 Å². The number of pyridine rings is 2. The Balaban J connectivity index is 1.72. The number of methoxy groups -OCH3 is 2. The number of nitrogens with zero attached hydrogens (tertiary/aromatic N) is 5. The van der Waals surface area contributed by atoms with Crippen molar-refractivity contribution in [1.29, 1.82) is 0 Å². The Kier molecular flexibility index (Phi) is 7.01. The van der Waals surface area contributed by atoms with E-state index in [-0.39, 0.29) is 5.54 Å².